The molecule has 0 spiro atoms. The van der Waals surface area contributed by atoms with E-state index in [4.69, 9.17) is 16.3 Å². The second-order valence-electron chi connectivity index (χ2n) is 4.14. The van der Waals surface area contributed by atoms with E-state index in [1.54, 1.807) is 0 Å². The number of carbonyl (C=O) groups is 1. The molecule has 84 valence electrons. The van der Waals surface area contributed by atoms with Gasteiger partial charge in [0.25, 0.3) is 0 Å². The zero-order valence-corrected chi connectivity index (χ0v) is 10.2. The van der Waals surface area contributed by atoms with Gasteiger partial charge in [0.2, 0.25) is 0 Å². The van der Waals surface area contributed by atoms with Gasteiger partial charge in [-0.1, -0.05) is 19.4 Å². The summed E-state index contributed by atoms with van der Waals surface area (Å²) in [7, 11) is 0. The maximum absolute atomic E-state index is 11.1. The lowest BCUT2D eigenvalue weighted by Gasteiger charge is -2.20. The number of allylic oxidation sites excluding steroid dienone is 3. The number of alkyl halides is 1. The monoisotopic (exact) mass is 228 g/mol. The summed E-state index contributed by atoms with van der Waals surface area (Å²) in [6.45, 7) is 6.27. The maximum Gasteiger partial charge on any atom is 0.326 e. The average molecular weight is 229 g/mol. The van der Waals surface area contributed by atoms with E-state index in [2.05, 4.69) is 13.8 Å². The van der Waals surface area contributed by atoms with Crippen LogP contribution < -0.4 is 0 Å². The van der Waals surface area contributed by atoms with E-state index in [0.29, 0.717) is 11.7 Å². The summed E-state index contributed by atoms with van der Waals surface area (Å²) < 4.78 is 5.22. The highest BCUT2D eigenvalue weighted by Crippen LogP contribution is 2.29. The van der Waals surface area contributed by atoms with Crippen molar-refractivity contribution in [1.29, 1.82) is 0 Å². The Kier molecular flexibility index (Phi) is 4.40. The minimum atomic E-state index is -0.379. The van der Waals surface area contributed by atoms with Crippen LogP contribution in [0, 0.1) is 5.92 Å². The summed E-state index contributed by atoms with van der Waals surface area (Å²) in [5.74, 6) is 0.643. The van der Waals surface area contributed by atoms with Gasteiger partial charge >= 0.3 is 5.97 Å². The number of carbonyl (C=O) groups excluding carboxylic acids is 1. The highest BCUT2D eigenvalue weighted by Gasteiger charge is 2.17. The topological polar surface area (TPSA) is 26.3 Å². The van der Waals surface area contributed by atoms with E-state index < -0.39 is 0 Å². The average Bonchev–Trinajstić information content (AvgIpc) is 2.17. The van der Waals surface area contributed by atoms with Crippen molar-refractivity contribution in [2.45, 2.75) is 33.6 Å². The van der Waals surface area contributed by atoms with Crippen molar-refractivity contribution in [3.8, 4) is 0 Å². The molecule has 0 bridgehead atoms. The fourth-order valence-corrected chi connectivity index (χ4v) is 1.72. The Balaban J connectivity index is 2.90. The van der Waals surface area contributed by atoms with E-state index in [0.717, 1.165) is 12.8 Å². The molecule has 0 unspecified atom stereocenters. The van der Waals surface area contributed by atoms with Gasteiger partial charge in [0.1, 0.15) is 11.6 Å². The third-order valence-electron chi connectivity index (χ3n) is 2.51. The lowest BCUT2D eigenvalue weighted by atomic mass is 9.90. The zero-order chi connectivity index (χ0) is 11.4. The summed E-state index contributed by atoms with van der Waals surface area (Å²) in [6, 6.07) is 0. The molecule has 0 saturated heterocycles. The molecule has 1 aliphatic rings. The molecule has 0 aromatic heterocycles. The summed E-state index contributed by atoms with van der Waals surface area (Å²) in [6.07, 6.45) is 3.98. The van der Waals surface area contributed by atoms with Crippen molar-refractivity contribution in [3.63, 3.8) is 0 Å². The van der Waals surface area contributed by atoms with Crippen LogP contribution in [-0.2, 0) is 9.53 Å². The van der Waals surface area contributed by atoms with Crippen molar-refractivity contribution in [3.05, 3.63) is 23.0 Å². The minimum Gasteiger partial charge on any atom is -0.426 e. The van der Waals surface area contributed by atoms with Crippen molar-refractivity contribution < 1.29 is 9.53 Å². The molecule has 0 aliphatic heterocycles. The van der Waals surface area contributed by atoms with Crippen molar-refractivity contribution in [2.75, 3.05) is 5.88 Å². The molecule has 1 rings (SSSR count). The normalized spacial score (nSPS) is 16.7. The molecule has 0 amide bonds. The molecule has 0 aromatic carbocycles. The highest BCUT2D eigenvalue weighted by molar-refractivity contribution is 6.26. The molecule has 0 fully saturated rings. The number of hydrogen-bond donors (Lipinski definition) is 0. The van der Waals surface area contributed by atoms with Gasteiger partial charge in [-0.25, -0.2) is 0 Å². The summed E-state index contributed by atoms with van der Waals surface area (Å²) in [5, 5.41) is 0. The fraction of sp³-hybridized carbons (Fsp3) is 0.583. The predicted molar refractivity (Wildman–Crippen MR) is 61.7 cm³/mol. The Bertz CT molecular complexity index is 314. The van der Waals surface area contributed by atoms with E-state index in [1.807, 2.05) is 13.0 Å². The Hall–Kier alpha value is -0.760. The van der Waals surface area contributed by atoms with Crippen molar-refractivity contribution in [1.82, 2.24) is 0 Å². The summed E-state index contributed by atoms with van der Waals surface area (Å²) in [5.41, 5.74) is 2.45. The van der Waals surface area contributed by atoms with E-state index >= 15 is 0 Å². The lowest BCUT2D eigenvalue weighted by Crippen LogP contribution is -2.11. The number of ether oxygens (including phenoxy) is 1. The second kappa shape index (κ2) is 5.36. The van der Waals surface area contributed by atoms with Gasteiger partial charge in [-0.05, 0) is 37.3 Å². The summed E-state index contributed by atoms with van der Waals surface area (Å²) in [4.78, 5) is 11.1. The number of hydrogen-bond acceptors (Lipinski definition) is 2. The van der Waals surface area contributed by atoms with Gasteiger partial charge in [0, 0.05) is 0 Å². The zero-order valence-electron chi connectivity index (χ0n) is 9.47. The largest absolute Gasteiger partial charge is 0.426 e. The Morgan fingerprint density at radius 2 is 2.20 bits per heavy atom. The SMILES string of the molecule is CC1=CC(OC(=O)CCl)=C(C(C)C)CC1. The number of esters is 1. The predicted octanol–water partition coefficient (Wildman–Crippen LogP) is 3.42. The third kappa shape index (κ3) is 3.38. The Morgan fingerprint density at radius 1 is 1.53 bits per heavy atom. The van der Waals surface area contributed by atoms with Crippen LogP contribution in [-0.4, -0.2) is 11.8 Å². The third-order valence-corrected chi connectivity index (χ3v) is 2.73. The molecule has 0 radical (unpaired) electrons. The standard InChI is InChI=1S/C12H17ClO2/c1-8(2)10-5-4-9(3)6-11(10)15-12(14)7-13/h6,8H,4-5,7H2,1-3H3. The quantitative estimate of drug-likeness (QED) is 0.547. The van der Waals surface area contributed by atoms with E-state index in [9.17, 15) is 4.79 Å². The first kappa shape index (κ1) is 12.3. The second-order valence-corrected chi connectivity index (χ2v) is 4.41. The van der Waals surface area contributed by atoms with Crippen LogP contribution in [0.4, 0.5) is 0 Å². The molecular formula is C12H17ClO2. The minimum absolute atomic E-state index is 0.0955. The Labute approximate surface area is 95.9 Å². The van der Waals surface area contributed by atoms with Gasteiger partial charge < -0.3 is 4.74 Å². The van der Waals surface area contributed by atoms with Crippen LogP contribution in [0.15, 0.2) is 23.0 Å². The number of halogens is 1. The molecular weight excluding hydrogens is 212 g/mol. The molecule has 0 atom stereocenters. The highest BCUT2D eigenvalue weighted by atomic mass is 35.5. The van der Waals surface area contributed by atoms with Gasteiger partial charge in [-0.15, -0.1) is 11.6 Å². The molecule has 0 heterocycles. The molecule has 2 nitrogen and oxygen atoms in total. The van der Waals surface area contributed by atoms with Crippen LogP contribution in [0.3, 0.4) is 0 Å². The molecule has 1 aliphatic carbocycles. The van der Waals surface area contributed by atoms with E-state index in [-0.39, 0.29) is 11.8 Å². The van der Waals surface area contributed by atoms with Gasteiger partial charge in [-0.2, -0.15) is 0 Å². The first-order chi connectivity index (χ1) is 7.04. The van der Waals surface area contributed by atoms with Gasteiger partial charge in [-0.3, -0.25) is 4.79 Å². The van der Waals surface area contributed by atoms with Crippen LogP contribution in [0.5, 0.6) is 0 Å². The van der Waals surface area contributed by atoms with Crippen LogP contribution in [0.25, 0.3) is 0 Å². The van der Waals surface area contributed by atoms with Crippen LogP contribution >= 0.6 is 11.6 Å². The first-order valence-corrected chi connectivity index (χ1v) is 5.75. The first-order valence-electron chi connectivity index (χ1n) is 5.21. The molecule has 0 aromatic rings. The number of rotatable bonds is 3. The molecule has 0 saturated carbocycles. The maximum atomic E-state index is 11.1. The lowest BCUT2D eigenvalue weighted by molar-refractivity contribution is -0.136. The smallest absolute Gasteiger partial charge is 0.326 e. The molecule has 15 heavy (non-hydrogen) atoms. The van der Waals surface area contributed by atoms with Gasteiger partial charge in [0.15, 0.2) is 0 Å². The van der Waals surface area contributed by atoms with E-state index in [1.165, 1.54) is 11.1 Å². The van der Waals surface area contributed by atoms with Crippen LogP contribution in [0.2, 0.25) is 0 Å². The Morgan fingerprint density at radius 3 is 2.73 bits per heavy atom. The van der Waals surface area contributed by atoms with Crippen LogP contribution in [0.1, 0.15) is 33.6 Å². The fourth-order valence-electron chi connectivity index (χ4n) is 1.66. The summed E-state index contributed by atoms with van der Waals surface area (Å²) >= 11 is 5.42. The van der Waals surface area contributed by atoms with Gasteiger partial charge in [0.05, 0.1) is 0 Å². The molecule has 3 heteroatoms. The van der Waals surface area contributed by atoms with Crippen molar-refractivity contribution in [2.24, 2.45) is 5.92 Å². The van der Waals surface area contributed by atoms with Crippen molar-refractivity contribution >= 4 is 17.6 Å². The molecule has 0 N–H and O–H groups in total.